The van der Waals surface area contributed by atoms with Gasteiger partial charge in [0.1, 0.15) is 0 Å². The highest BCUT2D eigenvalue weighted by molar-refractivity contribution is 5.83. The molecule has 4 atom stereocenters. The summed E-state index contributed by atoms with van der Waals surface area (Å²) in [7, 11) is 0. The number of amides is 1. The summed E-state index contributed by atoms with van der Waals surface area (Å²) < 4.78 is 39.0. The molecule has 3 nitrogen and oxygen atoms in total. The maximum Gasteiger partial charge on any atom is 0.393 e. The van der Waals surface area contributed by atoms with Crippen LogP contribution in [0.25, 0.3) is 0 Å². The van der Waals surface area contributed by atoms with Gasteiger partial charge in [-0.3, -0.25) is 4.79 Å². The van der Waals surface area contributed by atoms with Crippen molar-refractivity contribution in [1.29, 1.82) is 0 Å². The maximum absolute atomic E-state index is 13.0. The first-order chi connectivity index (χ1) is 9.25. The van der Waals surface area contributed by atoms with Crippen LogP contribution in [0.4, 0.5) is 13.2 Å². The lowest BCUT2D eigenvalue weighted by molar-refractivity contribution is -0.189. The molecule has 116 valence electrons. The Kier molecular flexibility index (Phi) is 4.33. The van der Waals surface area contributed by atoms with Crippen molar-refractivity contribution in [3.05, 3.63) is 0 Å². The second kappa shape index (κ2) is 5.54. The summed E-state index contributed by atoms with van der Waals surface area (Å²) in [5, 5.41) is 2.65. The van der Waals surface area contributed by atoms with Crippen LogP contribution in [0.15, 0.2) is 0 Å². The van der Waals surface area contributed by atoms with Crippen molar-refractivity contribution in [2.75, 3.05) is 0 Å². The fourth-order valence-corrected chi connectivity index (χ4v) is 3.50. The lowest BCUT2D eigenvalue weighted by Gasteiger charge is -2.36. The Hall–Kier alpha value is -0.780. The highest BCUT2D eigenvalue weighted by Crippen LogP contribution is 2.40. The molecule has 0 bridgehead atoms. The van der Waals surface area contributed by atoms with Crippen molar-refractivity contribution in [2.45, 2.75) is 70.1 Å². The third kappa shape index (κ3) is 2.95. The Morgan fingerprint density at radius 2 is 1.85 bits per heavy atom. The van der Waals surface area contributed by atoms with E-state index in [1.165, 1.54) is 0 Å². The van der Waals surface area contributed by atoms with Gasteiger partial charge in [-0.05, 0) is 32.6 Å². The van der Waals surface area contributed by atoms with E-state index in [9.17, 15) is 18.0 Å². The quantitative estimate of drug-likeness (QED) is 0.822. The Labute approximate surface area is 117 Å². The largest absolute Gasteiger partial charge is 0.393 e. The van der Waals surface area contributed by atoms with Crippen molar-refractivity contribution in [1.82, 2.24) is 5.32 Å². The number of halogens is 3. The van der Waals surface area contributed by atoms with Crippen molar-refractivity contribution in [2.24, 2.45) is 17.1 Å². The van der Waals surface area contributed by atoms with Crippen LogP contribution in [0, 0.1) is 11.3 Å². The van der Waals surface area contributed by atoms with E-state index in [2.05, 4.69) is 5.32 Å². The van der Waals surface area contributed by atoms with Crippen molar-refractivity contribution < 1.29 is 18.0 Å². The van der Waals surface area contributed by atoms with E-state index in [0.717, 1.165) is 19.3 Å². The van der Waals surface area contributed by atoms with Gasteiger partial charge in [0.2, 0.25) is 5.91 Å². The van der Waals surface area contributed by atoms with E-state index >= 15 is 0 Å². The highest BCUT2D eigenvalue weighted by Gasteiger charge is 2.49. The van der Waals surface area contributed by atoms with Gasteiger partial charge < -0.3 is 11.1 Å². The average molecular weight is 292 g/mol. The first kappa shape index (κ1) is 15.6. The summed E-state index contributed by atoms with van der Waals surface area (Å²) in [5.41, 5.74) is 5.24. The molecule has 2 rings (SSSR count). The van der Waals surface area contributed by atoms with Gasteiger partial charge in [0.25, 0.3) is 0 Å². The molecule has 0 aromatic heterocycles. The van der Waals surface area contributed by atoms with Gasteiger partial charge in [-0.25, -0.2) is 0 Å². The molecule has 2 aliphatic rings. The molecular weight excluding hydrogens is 269 g/mol. The Balaban J connectivity index is 2.05. The molecule has 2 fully saturated rings. The van der Waals surface area contributed by atoms with Crippen molar-refractivity contribution >= 4 is 5.91 Å². The van der Waals surface area contributed by atoms with Crippen LogP contribution in [0.1, 0.15) is 51.9 Å². The van der Waals surface area contributed by atoms with Crippen LogP contribution in [-0.4, -0.2) is 24.2 Å². The molecule has 0 aliphatic heterocycles. The maximum atomic E-state index is 13.0. The van der Waals surface area contributed by atoms with Crippen LogP contribution < -0.4 is 11.1 Å². The predicted octanol–water partition coefficient (Wildman–Crippen LogP) is 2.74. The van der Waals surface area contributed by atoms with Crippen molar-refractivity contribution in [3.63, 3.8) is 0 Å². The zero-order valence-electron chi connectivity index (χ0n) is 11.8. The van der Waals surface area contributed by atoms with Crippen LogP contribution in [0.2, 0.25) is 0 Å². The minimum absolute atomic E-state index is 0.108. The summed E-state index contributed by atoms with van der Waals surface area (Å²) in [6.45, 7) is 1.77. The predicted molar refractivity (Wildman–Crippen MR) is 69.9 cm³/mol. The molecule has 20 heavy (non-hydrogen) atoms. The number of nitrogens with two attached hydrogens (primary N) is 1. The Morgan fingerprint density at radius 3 is 2.40 bits per heavy atom. The SMILES string of the molecule is CC1(C(=O)NC2CCCCC2C(F)(F)F)CCCC1N. The van der Waals surface area contributed by atoms with Gasteiger partial charge in [0.05, 0.1) is 11.3 Å². The number of nitrogens with one attached hydrogen (secondary N) is 1. The summed E-state index contributed by atoms with van der Waals surface area (Å²) in [6.07, 6.45) is -0.137. The molecule has 0 aromatic rings. The van der Waals surface area contributed by atoms with Crippen LogP contribution in [0.5, 0.6) is 0 Å². The van der Waals surface area contributed by atoms with Crippen LogP contribution in [0.3, 0.4) is 0 Å². The summed E-state index contributed by atoms with van der Waals surface area (Å²) in [5.74, 6) is -1.72. The monoisotopic (exact) mass is 292 g/mol. The molecule has 2 saturated carbocycles. The fourth-order valence-electron chi connectivity index (χ4n) is 3.50. The van der Waals surface area contributed by atoms with Gasteiger partial charge in [-0.1, -0.05) is 19.3 Å². The zero-order valence-corrected chi connectivity index (χ0v) is 11.8. The van der Waals surface area contributed by atoms with Crippen molar-refractivity contribution in [3.8, 4) is 0 Å². The van der Waals surface area contributed by atoms with E-state index in [1.807, 2.05) is 0 Å². The van der Waals surface area contributed by atoms with E-state index in [1.54, 1.807) is 6.92 Å². The normalized spacial score (nSPS) is 38.8. The molecule has 3 N–H and O–H groups in total. The molecule has 1 amide bonds. The molecule has 0 radical (unpaired) electrons. The molecule has 6 heteroatoms. The van der Waals surface area contributed by atoms with Crippen LogP contribution in [-0.2, 0) is 4.79 Å². The summed E-state index contributed by atoms with van der Waals surface area (Å²) in [4.78, 5) is 12.4. The number of rotatable bonds is 2. The number of carbonyl (C=O) groups is 1. The molecule has 2 aliphatic carbocycles. The molecular formula is C14H23F3N2O. The lowest BCUT2D eigenvalue weighted by Crippen LogP contribution is -2.54. The molecule has 0 heterocycles. The van der Waals surface area contributed by atoms with Gasteiger partial charge in [0.15, 0.2) is 0 Å². The lowest BCUT2D eigenvalue weighted by atomic mass is 9.80. The molecule has 0 aromatic carbocycles. The molecule has 0 saturated heterocycles. The minimum Gasteiger partial charge on any atom is -0.352 e. The van der Waals surface area contributed by atoms with Gasteiger partial charge in [-0.15, -0.1) is 0 Å². The number of hydrogen-bond donors (Lipinski definition) is 2. The standard InChI is InChI=1S/C14H23F3N2O/c1-13(8-4-7-11(13)18)12(20)19-10-6-3-2-5-9(10)14(15,16)17/h9-11H,2-8,18H2,1H3,(H,19,20). The highest BCUT2D eigenvalue weighted by atomic mass is 19.4. The first-order valence-corrected chi connectivity index (χ1v) is 7.38. The van der Waals surface area contributed by atoms with Gasteiger partial charge in [-0.2, -0.15) is 13.2 Å². The third-order valence-electron chi connectivity index (χ3n) is 5.05. The Morgan fingerprint density at radius 1 is 1.20 bits per heavy atom. The topological polar surface area (TPSA) is 55.1 Å². The molecule has 4 unspecified atom stereocenters. The summed E-state index contributed by atoms with van der Waals surface area (Å²) in [6, 6.07) is -1.05. The van der Waals surface area contributed by atoms with Gasteiger partial charge in [0, 0.05) is 12.1 Å². The number of alkyl halides is 3. The van der Waals surface area contributed by atoms with E-state index in [-0.39, 0.29) is 18.4 Å². The van der Waals surface area contributed by atoms with Gasteiger partial charge >= 0.3 is 6.18 Å². The Bertz CT molecular complexity index is 372. The van der Waals surface area contributed by atoms with E-state index in [4.69, 9.17) is 5.73 Å². The fraction of sp³-hybridized carbons (Fsp3) is 0.929. The third-order valence-corrected chi connectivity index (χ3v) is 5.05. The summed E-state index contributed by atoms with van der Waals surface area (Å²) >= 11 is 0. The smallest absolute Gasteiger partial charge is 0.352 e. The number of hydrogen-bond acceptors (Lipinski definition) is 2. The van der Waals surface area contributed by atoms with Crippen LogP contribution >= 0.6 is 0 Å². The van der Waals surface area contributed by atoms with E-state index < -0.39 is 23.6 Å². The second-order valence-corrected chi connectivity index (χ2v) is 6.43. The number of carbonyl (C=O) groups excluding carboxylic acids is 1. The molecule has 0 spiro atoms. The average Bonchev–Trinajstić information content (AvgIpc) is 2.70. The van der Waals surface area contributed by atoms with E-state index in [0.29, 0.717) is 19.3 Å². The zero-order chi connectivity index (χ0) is 15.0. The second-order valence-electron chi connectivity index (χ2n) is 6.43. The minimum atomic E-state index is -4.24. The first-order valence-electron chi connectivity index (χ1n) is 7.38.